The van der Waals surface area contributed by atoms with Crippen LogP contribution in [-0.4, -0.2) is 22.2 Å². The average molecular weight is 374 g/mol. The zero-order valence-electron chi connectivity index (χ0n) is 13.7. The molecule has 0 bridgehead atoms. The molecule has 3 aromatic rings. The predicted octanol–water partition coefficient (Wildman–Crippen LogP) is 4.99. The lowest BCUT2D eigenvalue weighted by Gasteiger charge is -2.08. The highest BCUT2D eigenvalue weighted by atomic mass is 35.5. The van der Waals surface area contributed by atoms with Crippen molar-refractivity contribution >= 4 is 29.1 Å². The molecule has 0 aliphatic heterocycles. The molecule has 1 heterocycles. The first-order valence-electron chi connectivity index (χ1n) is 7.99. The van der Waals surface area contributed by atoms with E-state index in [1.54, 1.807) is 28.9 Å². The summed E-state index contributed by atoms with van der Waals surface area (Å²) < 4.78 is 1.59. The standard InChI is InChI=1S/C19H17Cl2N3O/c1-2-10-22-19(25)18-12-17(13-6-4-3-5-7-13)23-24(18)14-8-9-15(20)16(21)11-14/h3-9,11-12H,2,10H2,1H3,(H,22,25). The molecular weight excluding hydrogens is 357 g/mol. The lowest BCUT2D eigenvalue weighted by atomic mass is 10.1. The molecular formula is C19H17Cl2N3O. The van der Waals surface area contributed by atoms with Gasteiger partial charge in [0.1, 0.15) is 5.69 Å². The van der Waals surface area contributed by atoms with E-state index in [-0.39, 0.29) is 5.91 Å². The van der Waals surface area contributed by atoms with Gasteiger partial charge < -0.3 is 5.32 Å². The summed E-state index contributed by atoms with van der Waals surface area (Å²) in [6.45, 7) is 2.61. The van der Waals surface area contributed by atoms with Crippen molar-refractivity contribution < 1.29 is 4.79 Å². The third kappa shape index (κ3) is 3.86. The molecule has 0 spiro atoms. The molecule has 1 amide bonds. The fourth-order valence-electron chi connectivity index (χ4n) is 2.44. The van der Waals surface area contributed by atoms with Crippen LogP contribution in [-0.2, 0) is 0 Å². The Morgan fingerprint density at radius 2 is 1.84 bits per heavy atom. The summed E-state index contributed by atoms with van der Waals surface area (Å²) >= 11 is 12.1. The summed E-state index contributed by atoms with van der Waals surface area (Å²) in [5, 5.41) is 8.36. The van der Waals surface area contributed by atoms with Crippen LogP contribution in [0.1, 0.15) is 23.8 Å². The first-order valence-corrected chi connectivity index (χ1v) is 8.75. The number of benzene rings is 2. The number of halogens is 2. The minimum atomic E-state index is -0.178. The van der Waals surface area contributed by atoms with E-state index >= 15 is 0 Å². The number of carbonyl (C=O) groups excluding carboxylic acids is 1. The second kappa shape index (κ2) is 7.72. The van der Waals surface area contributed by atoms with E-state index < -0.39 is 0 Å². The second-order valence-electron chi connectivity index (χ2n) is 5.55. The SMILES string of the molecule is CCCNC(=O)c1cc(-c2ccccc2)nn1-c1ccc(Cl)c(Cl)c1. The average Bonchev–Trinajstić information content (AvgIpc) is 3.08. The Bertz CT molecular complexity index is 891. The summed E-state index contributed by atoms with van der Waals surface area (Å²) in [4.78, 5) is 12.6. The van der Waals surface area contributed by atoms with E-state index in [4.69, 9.17) is 23.2 Å². The minimum Gasteiger partial charge on any atom is -0.351 e. The fourth-order valence-corrected chi connectivity index (χ4v) is 2.73. The highest BCUT2D eigenvalue weighted by Crippen LogP contribution is 2.27. The van der Waals surface area contributed by atoms with Crippen LogP contribution in [0.5, 0.6) is 0 Å². The number of aromatic nitrogens is 2. The summed E-state index contributed by atoms with van der Waals surface area (Å²) in [6, 6.07) is 16.7. The smallest absolute Gasteiger partial charge is 0.270 e. The maximum atomic E-state index is 12.6. The van der Waals surface area contributed by atoms with Crippen molar-refractivity contribution in [2.24, 2.45) is 0 Å². The van der Waals surface area contributed by atoms with E-state index in [1.807, 2.05) is 37.3 Å². The lowest BCUT2D eigenvalue weighted by molar-refractivity contribution is 0.0946. The molecule has 25 heavy (non-hydrogen) atoms. The Balaban J connectivity index is 2.09. The van der Waals surface area contributed by atoms with E-state index in [2.05, 4.69) is 10.4 Å². The molecule has 0 saturated heterocycles. The van der Waals surface area contributed by atoms with Crippen molar-refractivity contribution in [3.8, 4) is 16.9 Å². The summed E-state index contributed by atoms with van der Waals surface area (Å²) in [5.74, 6) is -0.178. The van der Waals surface area contributed by atoms with Crippen molar-refractivity contribution in [1.82, 2.24) is 15.1 Å². The van der Waals surface area contributed by atoms with Gasteiger partial charge in [0.05, 0.1) is 21.4 Å². The van der Waals surface area contributed by atoms with Gasteiger partial charge in [0.25, 0.3) is 5.91 Å². The van der Waals surface area contributed by atoms with Gasteiger partial charge in [-0.1, -0.05) is 60.5 Å². The van der Waals surface area contributed by atoms with Crippen molar-refractivity contribution in [1.29, 1.82) is 0 Å². The third-order valence-corrected chi connectivity index (χ3v) is 4.43. The van der Waals surface area contributed by atoms with Crippen molar-refractivity contribution in [2.75, 3.05) is 6.54 Å². The van der Waals surface area contributed by atoms with Gasteiger partial charge in [-0.05, 0) is 30.7 Å². The minimum absolute atomic E-state index is 0.178. The van der Waals surface area contributed by atoms with Crippen LogP contribution in [0.3, 0.4) is 0 Å². The van der Waals surface area contributed by atoms with Gasteiger partial charge in [0.15, 0.2) is 0 Å². The van der Waals surface area contributed by atoms with Gasteiger partial charge in [-0.25, -0.2) is 4.68 Å². The summed E-state index contributed by atoms with van der Waals surface area (Å²) in [6.07, 6.45) is 0.859. The normalized spacial score (nSPS) is 10.7. The molecule has 0 fully saturated rings. The molecule has 0 saturated carbocycles. The first-order chi connectivity index (χ1) is 12.1. The van der Waals surface area contributed by atoms with Crippen LogP contribution in [0.2, 0.25) is 10.0 Å². The topological polar surface area (TPSA) is 46.9 Å². The van der Waals surface area contributed by atoms with Crippen molar-refractivity contribution in [3.63, 3.8) is 0 Å². The monoisotopic (exact) mass is 373 g/mol. The van der Waals surface area contributed by atoms with E-state index in [0.29, 0.717) is 33.7 Å². The number of carbonyl (C=O) groups is 1. The van der Waals surface area contributed by atoms with Gasteiger partial charge in [0.2, 0.25) is 0 Å². The van der Waals surface area contributed by atoms with Gasteiger partial charge in [0, 0.05) is 12.1 Å². The van der Waals surface area contributed by atoms with Crippen LogP contribution in [0.4, 0.5) is 0 Å². The molecule has 128 valence electrons. The maximum absolute atomic E-state index is 12.6. The molecule has 4 nitrogen and oxygen atoms in total. The summed E-state index contributed by atoms with van der Waals surface area (Å²) in [7, 11) is 0. The van der Waals surface area contributed by atoms with E-state index in [1.165, 1.54) is 0 Å². The lowest BCUT2D eigenvalue weighted by Crippen LogP contribution is -2.26. The van der Waals surface area contributed by atoms with Gasteiger partial charge in [-0.3, -0.25) is 4.79 Å². The largest absolute Gasteiger partial charge is 0.351 e. The van der Waals surface area contributed by atoms with Crippen LogP contribution >= 0.6 is 23.2 Å². The van der Waals surface area contributed by atoms with Crippen LogP contribution in [0, 0.1) is 0 Å². The first kappa shape index (κ1) is 17.5. The maximum Gasteiger partial charge on any atom is 0.270 e. The second-order valence-corrected chi connectivity index (χ2v) is 6.36. The van der Waals surface area contributed by atoms with Gasteiger partial charge in [-0.15, -0.1) is 0 Å². The van der Waals surface area contributed by atoms with Gasteiger partial charge >= 0.3 is 0 Å². The number of hydrogen-bond donors (Lipinski definition) is 1. The highest BCUT2D eigenvalue weighted by molar-refractivity contribution is 6.42. The quantitative estimate of drug-likeness (QED) is 0.684. The number of nitrogens with zero attached hydrogens (tertiary/aromatic N) is 2. The molecule has 1 aromatic heterocycles. The Morgan fingerprint density at radius 3 is 2.52 bits per heavy atom. The van der Waals surface area contributed by atoms with E-state index in [0.717, 1.165) is 12.0 Å². The predicted molar refractivity (Wildman–Crippen MR) is 102 cm³/mol. The number of rotatable bonds is 5. The van der Waals surface area contributed by atoms with Crippen molar-refractivity contribution in [2.45, 2.75) is 13.3 Å². The van der Waals surface area contributed by atoms with Crippen LogP contribution < -0.4 is 5.32 Å². The molecule has 0 aliphatic rings. The number of nitrogens with one attached hydrogen (secondary N) is 1. The summed E-state index contributed by atoms with van der Waals surface area (Å²) in [5.41, 5.74) is 2.78. The Kier molecular flexibility index (Phi) is 5.41. The number of amides is 1. The zero-order chi connectivity index (χ0) is 17.8. The zero-order valence-corrected chi connectivity index (χ0v) is 15.2. The van der Waals surface area contributed by atoms with Crippen LogP contribution in [0.25, 0.3) is 16.9 Å². The molecule has 0 atom stereocenters. The molecule has 2 aromatic carbocycles. The van der Waals surface area contributed by atoms with Crippen LogP contribution in [0.15, 0.2) is 54.6 Å². The Labute approximate surface area is 156 Å². The molecule has 1 N–H and O–H groups in total. The van der Waals surface area contributed by atoms with Gasteiger partial charge in [-0.2, -0.15) is 5.10 Å². The van der Waals surface area contributed by atoms with E-state index in [9.17, 15) is 4.79 Å². The highest BCUT2D eigenvalue weighted by Gasteiger charge is 2.17. The Morgan fingerprint density at radius 1 is 1.08 bits per heavy atom. The molecule has 6 heteroatoms. The molecule has 0 unspecified atom stereocenters. The number of hydrogen-bond acceptors (Lipinski definition) is 2. The fraction of sp³-hybridized carbons (Fsp3) is 0.158. The van der Waals surface area contributed by atoms with Crippen molar-refractivity contribution in [3.05, 3.63) is 70.3 Å². The molecule has 0 radical (unpaired) electrons. The third-order valence-electron chi connectivity index (χ3n) is 3.69. The Hall–Kier alpha value is -2.30. The molecule has 0 aliphatic carbocycles. The molecule has 3 rings (SSSR count).